The minimum absolute atomic E-state index is 0.0101. The van der Waals surface area contributed by atoms with Gasteiger partial charge in [-0.25, -0.2) is 0 Å². The van der Waals surface area contributed by atoms with Crippen molar-refractivity contribution in [2.24, 2.45) is 5.92 Å². The average Bonchev–Trinajstić information content (AvgIpc) is 2.37. The summed E-state index contributed by atoms with van der Waals surface area (Å²) in [5.41, 5.74) is 0. The van der Waals surface area contributed by atoms with E-state index in [1.54, 1.807) is 0 Å². The highest BCUT2D eigenvalue weighted by molar-refractivity contribution is 5.69. The lowest BCUT2D eigenvalue weighted by Gasteiger charge is -2.13. The van der Waals surface area contributed by atoms with Crippen LogP contribution in [0.25, 0.3) is 0 Å². The Morgan fingerprint density at radius 3 is 2.33 bits per heavy atom. The predicted molar refractivity (Wildman–Crippen MR) is 77.6 cm³/mol. The molecule has 1 unspecified atom stereocenters. The first-order valence-electron chi connectivity index (χ1n) is 7.90. The van der Waals surface area contributed by atoms with Crippen LogP contribution in [-0.4, -0.2) is 12.6 Å². The number of unbranched alkanes of at least 4 members (excludes halogenated alkanes) is 3. The first-order chi connectivity index (χ1) is 8.74. The second kappa shape index (κ2) is 12.9. The molecule has 0 bridgehead atoms. The van der Waals surface area contributed by atoms with E-state index in [2.05, 4.69) is 20.8 Å². The van der Waals surface area contributed by atoms with Gasteiger partial charge in [0.2, 0.25) is 0 Å². The summed E-state index contributed by atoms with van der Waals surface area (Å²) in [5, 5.41) is 0. The van der Waals surface area contributed by atoms with E-state index in [1.165, 1.54) is 32.1 Å². The zero-order valence-corrected chi connectivity index (χ0v) is 12.7. The Bertz CT molecular complexity index is 190. The van der Waals surface area contributed by atoms with E-state index >= 15 is 0 Å². The zero-order chi connectivity index (χ0) is 13.6. The highest BCUT2D eigenvalue weighted by atomic mass is 16.5. The lowest BCUT2D eigenvalue weighted by Crippen LogP contribution is -2.06. The molecule has 0 N–H and O–H groups in total. The Kier molecular flexibility index (Phi) is 12.5. The Hall–Kier alpha value is -0.530. The molecule has 0 aromatic heterocycles. The molecule has 0 heterocycles. The number of hydrogen-bond acceptors (Lipinski definition) is 2. The van der Waals surface area contributed by atoms with Crippen LogP contribution in [0.2, 0.25) is 0 Å². The molecule has 0 aromatic rings. The van der Waals surface area contributed by atoms with Gasteiger partial charge in [-0.2, -0.15) is 0 Å². The van der Waals surface area contributed by atoms with Crippen molar-refractivity contribution in [2.75, 3.05) is 6.61 Å². The Morgan fingerprint density at radius 2 is 1.72 bits per heavy atom. The Balaban J connectivity index is 3.35. The van der Waals surface area contributed by atoms with E-state index < -0.39 is 0 Å². The number of rotatable bonds is 12. The highest BCUT2D eigenvalue weighted by Gasteiger charge is 2.05. The molecule has 18 heavy (non-hydrogen) atoms. The summed E-state index contributed by atoms with van der Waals surface area (Å²) >= 11 is 0. The fourth-order valence-corrected chi connectivity index (χ4v) is 2.27. The van der Waals surface area contributed by atoms with Crippen LogP contribution in [0.15, 0.2) is 0 Å². The van der Waals surface area contributed by atoms with Gasteiger partial charge in [0.1, 0.15) is 0 Å². The van der Waals surface area contributed by atoms with E-state index in [-0.39, 0.29) is 5.97 Å². The summed E-state index contributed by atoms with van der Waals surface area (Å²) in [5.74, 6) is 0.860. The van der Waals surface area contributed by atoms with E-state index in [0.29, 0.717) is 13.0 Å². The monoisotopic (exact) mass is 256 g/mol. The molecule has 2 heteroatoms. The third kappa shape index (κ3) is 10.6. The first kappa shape index (κ1) is 17.5. The molecular formula is C16H32O2. The molecule has 0 fully saturated rings. The van der Waals surface area contributed by atoms with Crippen molar-refractivity contribution in [3.8, 4) is 0 Å². The maximum absolute atomic E-state index is 11.4. The second-order valence-electron chi connectivity index (χ2n) is 5.24. The fraction of sp³-hybridized carbons (Fsp3) is 0.938. The topological polar surface area (TPSA) is 26.3 Å². The van der Waals surface area contributed by atoms with Crippen LogP contribution in [0, 0.1) is 5.92 Å². The van der Waals surface area contributed by atoms with Crippen LogP contribution in [-0.2, 0) is 9.53 Å². The van der Waals surface area contributed by atoms with Gasteiger partial charge >= 0.3 is 5.97 Å². The van der Waals surface area contributed by atoms with Gasteiger partial charge in [-0.1, -0.05) is 59.3 Å². The van der Waals surface area contributed by atoms with E-state index in [9.17, 15) is 4.79 Å². The molecule has 0 aromatic carbocycles. The molecule has 0 aliphatic heterocycles. The van der Waals surface area contributed by atoms with E-state index in [1.807, 2.05) is 0 Å². The molecule has 0 aliphatic rings. The van der Waals surface area contributed by atoms with E-state index in [0.717, 1.165) is 31.6 Å². The van der Waals surface area contributed by atoms with Gasteiger partial charge in [-0.15, -0.1) is 0 Å². The number of carbonyl (C=O) groups excluding carboxylic acids is 1. The summed E-state index contributed by atoms with van der Waals surface area (Å²) in [6.07, 6.45) is 11.3. The van der Waals surface area contributed by atoms with Crippen molar-refractivity contribution in [3.63, 3.8) is 0 Å². The van der Waals surface area contributed by atoms with Crippen molar-refractivity contribution in [2.45, 2.75) is 85.0 Å². The lowest BCUT2D eigenvalue weighted by atomic mass is 9.95. The molecule has 0 rings (SSSR count). The molecular weight excluding hydrogens is 224 g/mol. The minimum Gasteiger partial charge on any atom is -0.466 e. The van der Waals surface area contributed by atoms with Gasteiger partial charge in [-0.3, -0.25) is 4.79 Å². The van der Waals surface area contributed by atoms with Gasteiger partial charge in [-0.05, 0) is 25.2 Å². The maximum Gasteiger partial charge on any atom is 0.305 e. The van der Waals surface area contributed by atoms with Gasteiger partial charge in [0.05, 0.1) is 6.61 Å². The van der Waals surface area contributed by atoms with Crippen LogP contribution < -0.4 is 0 Å². The third-order valence-electron chi connectivity index (χ3n) is 3.53. The molecule has 0 radical (unpaired) electrons. The minimum atomic E-state index is -0.0101. The summed E-state index contributed by atoms with van der Waals surface area (Å²) in [6, 6.07) is 0. The van der Waals surface area contributed by atoms with Crippen LogP contribution in [0.4, 0.5) is 0 Å². The average molecular weight is 256 g/mol. The van der Waals surface area contributed by atoms with Crippen LogP contribution in [0.1, 0.15) is 85.0 Å². The predicted octanol–water partition coefficient (Wildman–Crippen LogP) is 5.11. The Morgan fingerprint density at radius 1 is 0.944 bits per heavy atom. The standard InChI is InChI=1S/C16H32O2/c1-4-7-8-13-16(17)18-14-10-9-12-15(6-3)11-5-2/h15H,4-14H2,1-3H3. The van der Waals surface area contributed by atoms with Gasteiger partial charge in [0.25, 0.3) is 0 Å². The molecule has 0 spiro atoms. The molecule has 108 valence electrons. The SMILES string of the molecule is CCCCCC(=O)OCCCCC(CC)CCC. The van der Waals surface area contributed by atoms with E-state index in [4.69, 9.17) is 4.74 Å². The number of carbonyl (C=O) groups is 1. The molecule has 1 atom stereocenters. The summed E-state index contributed by atoms with van der Waals surface area (Å²) in [4.78, 5) is 11.4. The summed E-state index contributed by atoms with van der Waals surface area (Å²) in [7, 11) is 0. The fourth-order valence-electron chi connectivity index (χ4n) is 2.27. The van der Waals surface area contributed by atoms with Crippen molar-refractivity contribution >= 4 is 5.97 Å². The number of ether oxygens (including phenoxy) is 1. The summed E-state index contributed by atoms with van der Waals surface area (Å²) in [6.45, 7) is 7.29. The zero-order valence-electron chi connectivity index (χ0n) is 12.7. The number of hydrogen-bond donors (Lipinski definition) is 0. The smallest absolute Gasteiger partial charge is 0.305 e. The van der Waals surface area contributed by atoms with Gasteiger partial charge < -0.3 is 4.74 Å². The number of esters is 1. The molecule has 2 nitrogen and oxygen atoms in total. The maximum atomic E-state index is 11.4. The molecule has 0 amide bonds. The van der Waals surface area contributed by atoms with Crippen molar-refractivity contribution < 1.29 is 9.53 Å². The van der Waals surface area contributed by atoms with Gasteiger partial charge in [0.15, 0.2) is 0 Å². The molecule has 0 saturated carbocycles. The quantitative estimate of drug-likeness (QED) is 0.358. The largest absolute Gasteiger partial charge is 0.466 e. The molecule has 0 aliphatic carbocycles. The van der Waals surface area contributed by atoms with Crippen LogP contribution in [0.3, 0.4) is 0 Å². The van der Waals surface area contributed by atoms with Crippen LogP contribution in [0.5, 0.6) is 0 Å². The van der Waals surface area contributed by atoms with Crippen molar-refractivity contribution in [1.82, 2.24) is 0 Å². The van der Waals surface area contributed by atoms with Crippen molar-refractivity contribution in [1.29, 1.82) is 0 Å². The van der Waals surface area contributed by atoms with Crippen LogP contribution >= 0.6 is 0 Å². The van der Waals surface area contributed by atoms with Gasteiger partial charge in [0, 0.05) is 6.42 Å². The third-order valence-corrected chi connectivity index (χ3v) is 3.53. The first-order valence-corrected chi connectivity index (χ1v) is 7.90. The lowest BCUT2D eigenvalue weighted by molar-refractivity contribution is -0.143. The van der Waals surface area contributed by atoms with Crippen molar-refractivity contribution in [3.05, 3.63) is 0 Å². The molecule has 0 saturated heterocycles. The normalized spacial score (nSPS) is 12.4. The Labute approximate surface area is 113 Å². The summed E-state index contributed by atoms with van der Waals surface area (Å²) < 4.78 is 5.23. The highest BCUT2D eigenvalue weighted by Crippen LogP contribution is 2.18. The second-order valence-corrected chi connectivity index (χ2v) is 5.24.